The molecule has 21 heavy (non-hydrogen) atoms. The average Bonchev–Trinajstić information content (AvgIpc) is 2.55. The summed E-state index contributed by atoms with van der Waals surface area (Å²) in [4.78, 5) is 0. The zero-order valence-corrected chi connectivity index (χ0v) is 13.0. The Hall–Kier alpha value is -1.80. The van der Waals surface area contributed by atoms with Crippen LogP contribution in [0, 0.1) is 0 Å². The summed E-state index contributed by atoms with van der Waals surface area (Å²) in [5.41, 5.74) is 2.74. The zero-order valence-electron chi connectivity index (χ0n) is 13.0. The number of para-hydroxylation sites is 1. The molecule has 0 aliphatic carbocycles. The minimum Gasteiger partial charge on any atom is -0.494 e. The number of nitrogens with one attached hydrogen (secondary N) is 1. The van der Waals surface area contributed by atoms with Crippen LogP contribution in [0.25, 0.3) is 0 Å². The summed E-state index contributed by atoms with van der Waals surface area (Å²) in [6.45, 7) is 6.03. The Balaban J connectivity index is 1.95. The summed E-state index contributed by atoms with van der Waals surface area (Å²) in [6.07, 6.45) is 2.04. The second-order valence-electron chi connectivity index (χ2n) is 5.16. The molecule has 0 radical (unpaired) electrons. The van der Waals surface area contributed by atoms with Crippen molar-refractivity contribution < 1.29 is 4.74 Å². The Morgan fingerprint density at radius 1 is 1.00 bits per heavy atom. The Labute approximate surface area is 128 Å². The maximum atomic E-state index is 5.82. The summed E-state index contributed by atoms with van der Waals surface area (Å²) in [5.74, 6) is 0.940. The maximum Gasteiger partial charge on any atom is 0.119 e. The fourth-order valence-electron chi connectivity index (χ4n) is 2.47. The van der Waals surface area contributed by atoms with Gasteiger partial charge in [-0.15, -0.1) is 0 Å². The fraction of sp³-hybridized carbons (Fsp3) is 0.368. The van der Waals surface area contributed by atoms with Gasteiger partial charge in [-0.3, -0.25) is 0 Å². The normalized spacial score (nSPS) is 12.1. The summed E-state index contributed by atoms with van der Waals surface area (Å²) >= 11 is 0. The zero-order chi connectivity index (χ0) is 14.9. The number of hydrogen-bond donors (Lipinski definition) is 1. The Bertz CT molecular complexity index is 524. The first-order valence-corrected chi connectivity index (χ1v) is 7.83. The van der Waals surface area contributed by atoms with Gasteiger partial charge in [0.1, 0.15) is 5.75 Å². The van der Waals surface area contributed by atoms with Crippen LogP contribution in [0.2, 0.25) is 0 Å². The van der Waals surface area contributed by atoms with Crippen molar-refractivity contribution in [1.82, 2.24) is 5.32 Å². The Morgan fingerprint density at radius 2 is 1.81 bits per heavy atom. The molecule has 1 unspecified atom stereocenters. The summed E-state index contributed by atoms with van der Waals surface area (Å²) in [7, 11) is 0. The minimum atomic E-state index is 0.352. The molecular weight excluding hydrogens is 258 g/mol. The van der Waals surface area contributed by atoms with E-state index in [9.17, 15) is 0 Å². The van der Waals surface area contributed by atoms with Gasteiger partial charge in [0.05, 0.1) is 6.61 Å². The highest BCUT2D eigenvalue weighted by molar-refractivity contribution is 5.26. The molecule has 1 atom stereocenters. The summed E-state index contributed by atoms with van der Waals surface area (Å²) in [5, 5.41) is 3.56. The number of aryl methyl sites for hydroxylation is 1. The highest BCUT2D eigenvalue weighted by atomic mass is 16.5. The van der Waals surface area contributed by atoms with Gasteiger partial charge in [0.2, 0.25) is 0 Å². The van der Waals surface area contributed by atoms with Gasteiger partial charge in [-0.1, -0.05) is 56.3 Å². The van der Waals surface area contributed by atoms with Gasteiger partial charge in [-0.05, 0) is 36.2 Å². The number of benzene rings is 2. The van der Waals surface area contributed by atoms with E-state index in [4.69, 9.17) is 4.74 Å². The average molecular weight is 283 g/mol. The van der Waals surface area contributed by atoms with E-state index in [0.717, 1.165) is 31.7 Å². The van der Waals surface area contributed by atoms with E-state index >= 15 is 0 Å². The first-order valence-electron chi connectivity index (χ1n) is 7.83. The minimum absolute atomic E-state index is 0.352. The molecule has 2 aromatic carbocycles. The molecule has 1 N–H and O–H groups in total. The van der Waals surface area contributed by atoms with E-state index in [1.165, 1.54) is 11.1 Å². The van der Waals surface area contributed by atoms with Crippen LogP contribution in [0.15, 0.2) is 54.6 Å². The number of hydrogen-bond acceptors (Lipinski definition) is 2. The molecule has 0 aromatic heterocycles. The lowest BCUT2D eigenvalue weighted by Crippen LogP contribution is -2.23. The molecule has 2 nitrogen and oxygen atoms in total. The summed E-state index contributed by atoms with van der Waals surface area (Å²) < 4.78 is 5.82. The molecule has 2 aromatic rings. The highest BCUT2D eigenvalue weighted by Gasteiger charge is 2.10. The second-order valence-corrected chi connectivity index (χ2v) is 5.16. The number of rotatable bonds is 8. The van der Waals surface area contributed by atoms with Crippen molar-refractivity contribution in [1.29, 1.82) is 0 Å². The molecule has 0 fully saturated rings. The first-order chi connectivity index (χ1) is 10.3. The van der Waals surface area contributed by atoms with Crippen LogP contribution in [0.5, 0.6) is 5.75 Å². The van der Waals surface area contributed by atoms with Crippen LogP contribution >= 0.6 is 0 Å². The van der Waals surface area contributed by atoms with E-state index in [0.29, 0.717) is 6.04 Å². The molecule has 2 heteroatoms. The van der Waals surface area contributed by atoms with Crippen molar-refractivity contribution in [2.75, 3.05) is 13.2 Å². The molecule has 0 spiro atoms. The molecule has 0 aliphatic rings. The lowest BCUT2D eigenvalue weighted by atomic mass is 10.0. The molecule has 0 saturated carbocycles. The van der Waals surface area contributed by atoms with Crippen molar-refractivity contribution in [3.05, 3.63) is 65.7 Å². The smallest absolute Gasteiger partial charge is 0.119 e. The molecule has 0 bridgehead atoms. The van der Waals surface area contributed by atoms with Crippen molar-refractivity contribution >= 4 is 0 Å². The predicted molar refractivity (Wildman–Crippen MR) is 88.8 cm³/mol. The van der Waals surface area contributed by atoms with E-state index in [1.807, 2.05) is 30.3 Å². The maximum absolute atomic E-state index is 5.82. The molecule has 0 heterocycles. The topological polar surface area (TPSA) is 21.3 Å². The fourth-order valence-corrected chi connectivity index (χ4v) is 2.47. The van der Waals surface area contributed by atoms with Gasteiger partial charge >= 0.3 is 0 Å². The third-order valence-electron chi connectivity index (χ3n) is 3.63. The third-order valence-corrected chi connectivity index (χ3v) is 3.63. The first kappa shape index (κ1) is 15.6. The van der Waals surface area contributed by atoms with E-state index in [-0.39, 0.29) is 0 Å². The van der Waals surface area contributed by atoms with Crippen molar-refractivity contribution in [3.8, 4) is 5.75 Å². The lowest BCUT2D eigenvalue weighted by molar-refractivity contribution is 0.287. The van der Waals surface area contributed by atoms with Crippen molar-refractivity contribution in [2.24, 2.45) is 0 Å². The van der Waals surface area contributed by atoms with Crippen LogP contribution in [0.3, 0.4) is 0 Å². The Morgan fingerprint density at radius 3 is 2.52 bits per heavy atom. The standard InChI is InChI=1S/C19H25NO/c1-3-16-9-8-10-17(15-16)19(20-4-2)13-14-21-18-11-6-5-7-12-18/h5-12,15,19-20H,3-4,13-14H2,1-2H3. The van der Waals surface area contributed by atoms with Crippen LogP contribution in [-0.2, 0) is 6.42 Å². The summed E-state index contributed by atoms with van der Waals surface area (Å²) in [6, 6.07) is 19.2. The monoisotopic (exact) mass is 283 g/mol. The van der Waals surface area contributed by atoms with Gasteiger partial charge in [0.25, 0.3) is 0 Å². The largest absolute Gasteiger partial charge is 0.494 e. The van der Waals surface area contributed by atoms with Crippen molar-refractivity contribution in [3.63, 3.8) is 0 Å². The number of ether oxygens (including phenoxy) is 1. The van der Waals surface area contributed by atoms with Gasteiger partial charge in [-0.25, -0.2) is 0 Å². The second kappa shape index (κ2) is 8.48. The van der Waals surface area contributed by atoms with Gasteiger partial charge in [0, 0.05) is 12.5 Å². The SMILES string of the molecule is CCNC(CCOc1ccccc1)c1cccc(CC)c1. The predicted octanol–water partition coefficient (Wildman–Crippen LogP) is 4.37. The van der Waals surface area contributed by atoms with Crippen molar-refractivity contribution in [2.45, 2.75) is 32.7 Å². The molecule has 0 saturated heterocycles. The Kier molecular flexibility index (Phi) is 6.29. The van der Waals surface area contributed by atoms with E-state index in [1.54, 1.807) is 0 Å². The molecule has 112 valence electrons. The van der Waals surface area contributed by atoms with Crippen LogP contribution in [-0.4, -0.2) is 13.2 Å². The van der Waals surface area contributed by atoms with Gasteiger partial charge < -0.3 is 10.1 Å². The van der Waals surface area contributed by atoms with Gasteiger partial charge in [-0.2, -0.15) is 0 Å². The molecule has 2 rings (SSSR count). The lowest BCUT2D eigenvalue weighted by Gasteiger charge is -2.19. The van der Waals surface area contributed by atoms with E-state index < -0.39 is 0 Å². The highest BCUT2D eigenvalue weighted by Crippen LogP contribution is 2.19. The van der Waals surface area contributed by atoms with Gasteiger partial charge in [0.15, 0.2) is 0 Å². The van der Waals surface area contributed by atoms with Crippen LogP contribution in [0.4, 0.5) is 0 Å². The molecular formula is C19H25NO. The molecule has 0 aliphatic heterocycles. The van der Waals surface area contributed by atoms with Crippen LogP contribution < -0.4 is 10.1 Å². The quantitative estimate of drug-likeness (QED) is 0.777. The van der Waals surface area contributed by atoms with Crippen LogP contribution in [0.1, 0.15) is 37.4 Å². The molecule has 0 amide bonds. The third kappa shape index (κ3) is 4.91. The van der Waals surface area contributed by atoms with E-state index in [2.05, 4.69) is 43.4 Å².